The fourth-order valence-corrected chi connectivity index (χ4v) is 4.87. The topological polar surface area (TPSA) is 133 Å². The Morgan fingerprint density at radius 2 is 1.73 bits per heavy atom. The summed E-state index contributed by atoms with van der Waals surface area (Å²) in [5.74, 6) is -3.10. The van der Waals surface area contributed by atoms with Crippen LogP contribution >= 0.6 is 0 Å². The molecule has 1 aromatic carbocycles. The van der Waals surface area contributed by atoms with Crippen molar-refractivity contribution < 1.29 is 49.0 Å². The van der Waals surface area contributed by atoms with Crippen LogP contribution in [0, 0.1) is 6.92 Å². The average molecular weight is 606 g/mol. The Balaban J connectivity index is 1.76. The van der Waals surface area contributed by atoms with Crippen LogP contribution in [0.3, 0.4) is 0 Å². The molecular formula is C24H21F6N5O5S. The van der Waals surface area contributed by atoms with Crippen LogP contribution in [-0.2, 0) is 21.4 Å². The van der Waals surface area contributed by atoms with Gasteiger partial charge in [0.15, 0.2) is 15.5 Å². The minimum absolute atomic E-state index is 0.0756. The number of nitrogens with one attached hydrogen (secondary N) is 1. The van der Waals surface area contributed by atoms with Crippen molar-refractivity contribution in [2.45, 2.75) is 48.8 Å². The van der Waals surface area contributed by atoms with Crippen molar-refractivity contribution in [3.05, 3.63) is 53.0 Å². The monoisotopic (exact) mass is 605 g/mol. The highest BCUT2D eigenvalue weighted by Crippen LogP contribution is 2.54. The molecule has 1 fully saturated rings. The van der Waals surface area contributed by atoms with Crippen molar-refractivity contribution in [3.63, 3.8) is 0 Å². The minimum atomic E-state index is -5.02. The number of carbonyl (C=O) groups is 1. The van der Waals surface area contributed by atoms with E-state index in [0.29, 0.717) is 6.42 Å². The number of ether oxygens (including phenoxy) is 2. The Bertz CT molecular complexity index is 1610. The van der Waals surface area contributed by atoms with Gasteiger partial charge in [0.1, 0.15) is 11.0 Å². The molecule has 4 rings (SSSR count). The van der Waals surface area contributed by atoms with Crippen molar-refractivity contribution in [2.24, 2.45) is 0 Å². The van der Waals surface area contributed by atoms with Gasteiger partial charge in [0, 0.05) is 11.9 Å². The molecule has 10 nitrogen and oxygen atoms in total. The molecule has 2 heterocycles. The number of alkyl halides is 6. The number of hydrogen-bond donors (Lipinski definition) is 1. The van der Waals surface area contributed by atoms with Gasteiger partial charge in [0.05, 0.1) is 23.9 Å². The number of methoxy groups -OCH3 is 1. The van der Waals surface area contributed by atoms with Crippen molar-refractivity contribution >= 4 is 21.4 Å². The van der Waals surface area contributed by atoms with E-state index in [2.05, 4.69) is 25.5 Å². The number of carbonyl (C=O) groups excluding carboxylic acids is 1. The van der Waals surface area contributed by atoms with Gasteiger partial charge in [-0.25, -0.2) is 18.4 Å². The summed E-state index contributed by atoms with van der Waals surface area (Å²) in [6.45, 7) is 0.932. The molecule has 0 radical (unpaired) electrons. The molecule has 220 valence electrons. The van der Waals surface area contributed by atoms with E-state index in [1.807, 2.05) is 0 Å². The Hall–Kier alpha value is -4.02. The molecule has 1 aliphatic rings. The zero-order valence-electron chi connectivity index (χ0n) is 21.5. The van der Waals surface area contributed by atoms with Gasteiger partial charge < -0.3 is 14.8 Å². The van der Waals surface area contributed by atoms with Crippen molar-refractivity contribution in [1.29, 1.82) is 0 Å². The second-order valence-electron chi connectivity index (χ2n) is 9.21. The maximum absolute atomic E-state index is 13.8. The summed E-state index contributed by atoms with van der Waals surface area (Å²) < 4.78 is 116. The first kappa shape index (κ1) is 30.0. The lowest BCUT2D eigenvalue weighted by Gasteiger charge is -2.42. The van der Waals surface area contributed by atoms with E-state index in [1.54, 1.807) is 0 Å². The minimum Gasteiger partial charge on any atom is -0.477 e. The SMILES string of the molecule is COc1nc(C2(C(F)(F)F)CCC2)cnc1Oc1nnc(C(F)(F)F)c(C)c1C(=O)Nc1cccc(S(C)(=O)=O)c1. The van der Waals surface area contributed by atoms with Crippen LogP contribution in [0.1, 0.15) is 46.6 Å². The van der Waals surface area contributed by atoms with Crippen LogP contribution < -0.4 is 14.8 Å². The van der Waals surface area contributed by atoms with E-state index < -0.39 is 73.7 Å². The molecule has 0 atom stereocenters. The summed E-state index contributed by atoms with van der Waals surface area (Å²) in [5, 5.41) is 8.79. The smallest absolute Gasteiger partial charge is 0.435 e. The van der Waals surface area contributed by atoms with Crippen LogP contribution in [0.2, 0.25) is 0 Å². The van der Waals surface area contributed by atoms with Gasteiger partial charge in [-0.2, -0.15) is 26.3 Å². The summed E-state index contributed by atoms with van der Waals surface area (Å²) in [7, 11) is -2.62. The second-order valence-corrected chi connectivity index (χ2v) is 11.2. The number of benzene rings is 1. The highest BCUT2D eigenvalue weighted by molar-refractivity contribution is 7.90. The van der Waals surface area contributed by atoms with Crippen LogP contribution in [0.4, 0.5) is 32.0 Å². The fraction of sp³-hybridized carbons (Fsp3) is 0.375. The summed E-state index contributed by atoms with van der Waals surface area (Å²) in [5.41, 5.74) is -5.70. The lowest BCUT2D eigenvalue weighted by molar-refractivity contribution is -0.214. The summed E-state index contributed by atoms with van der Waals surface area (Å²) in [6, 6.07) is 4.94. The Kier molecular flexibility index (Phi) is 7.62. The van der Waals surface area contributed by atoms with Crippen LogP contribution in [0.15, 0.2) is 35.4 Å². The zero-order valence-corrected chi connectivity index (χ0v) is 22.3. The highest BCUT2D eigenvalue weighted by Gasteiger charge is 2.60. The van der Waals surface area contributed by atoms with Crippen LogP contribution in [-0.4, -0.2) is 54.0 Å². The van der Waals surface area contributed by atoms with Gasteiger partial charge in [-0.3, -0.25) is 4.79 Å². The van der Waals surface area contributed by atoms with Crippen molar-refractivity contribution in [2.75, 3.05) is 18.7 Å². The largest absolute Gasteiger partial charge is 0.477 e. The molecule has 1 saturated carbocycles. The summed E-state index contributed by atoms with van der Waals surface area (Å²) >= 11 is 0. The Morgan fingerprint density at radius 3 is 2.27 bits per heavy atom. The molecule has 41 heavy (non-hydrogen) atoms. The molecule has 0 unspecified atom stereocenters. The Labute approximate surface area is 229 Å². The van der Waals surface area contributed by atoms with Crippen molar-refractivity contribution in [1.82, 2.24) is 20.2 Å². The van der Waals surface area contributed by atoms with Gasteiger partial charge in [-0.05, 0) is 43.5 Å². The fourth-order valence-electron chi connectivity index (χ4n) is 4.21. The molecule has 2 aromatic heterocycles. The number of sulfone groups is 1. The third-order valence-electron chi connectivity index (χ3n) is 6.54. The third kappa shape index (κ3) is 5.75. The van der Waals surface area contributed by atoms with Crippen LogP contribution in [0.25, 0.3) is 0 Å². The van der Waals surface area contributed by atoms with Crippen molar-refractivity contribution in [3.8, 4) is 17.6 Å². The molecule has 0 saturated heterocycles. The highest BCUT2D eigenvalue weighted by atomic mass is 32.2. The number of anilines is 1. The predicted octanol–water partition coefficient (Wildman–Crippen LogP) is 5.03. The van der Waals surface area contributed by atoms with Gasteiger partial charge in [0.25, 0.3) is 23.5 Å². The van der Waals surface area contributed by atoms with Gasteiger partial charge in [-0.1, -0.05) is 12.5 Å². The maximum atomic E-state index is 13.8. The lowest BCUT2D eigenvalue weighted by atomic mass is 9.66. The predicted molar refractivity (Wildman–Crippen MR) is 130 cm³/mol. The molecule has 3 aromatic rings. The molecule has 0 spiro atoms. The summed E-state index contributed by atoms with van der Waals surface area (Å²) in [6.07, 6.45) is -8.03. The second kappa shape index (κ2) is 10.4. The van der Waals surface area contributed by atoms with E-state index >= 15 is 0 Å². The number of aromatic nitrogens is 4. The first-order chi connectivity index (χ1) is 19.0. The average Bonchev–Trinajstić information content (AvgIpc) is 2.82. The number of rotatable bonds is 7. The third-order valence-corrected chi connectivity index (χ3v) is 7.65. The molecule has 1 aliphatic carbocycles. The van der Waals surface area contributed by atoms with Gasteiger partial charge in [-0.15, -0.1) is 10.2 Å². The molecule has 17 heteroatoms. The molecule has 0 bridgehead atoms. The van der Waals surface area contributed by atoms with Crippen LogP contribution in [0.5, 0.6) is 17.6 Å². The first-order valence-electron chi connectivity index (χ1n) is 11.7. The number of amides is 1. The lowest BCUT2D eigenvalue weighted by Crippen LogP contribution is -2.48. The molecule has 1 amide bonds. The maximum Gasteiger partial charge on any atom is 0.435 e. The molecule has 1 N–H and O–H groups in total. The van der Waals surface area contributed by atoms with E-state index in [0.717, 1.165) is 32.6 Å². The van der Waals surface area contributed by atoms with E-state index in [9.17, 15) is 39.6 Å². The van der Waals surface area contributed by atoms with Gasteiger partial charge >= 0.3 is 12.4 Å². The van der Waals surface area contributed by atoms with E-state index in [-0.39, 0.29) is 23.4 Å². The number of halogens is 6. The standard InChI is InChI=1S/C24H21F6N5O5S/c1-12-16(18(36)32-13-6-4-7-14(10-13)41(3,37)38)19(35-34-17(12)23(25,26)27)40-20-21(39-2)33-15(11-31-20)22(8-5-9-22)24(28,29)30/h4,6-7,10-11H,5,8-9H2,1-3H3,(H,32,36). The number of nitrogens with zero attached hydrogens (tertiary/aromatic N) is 4. The molecule has 0 aliphatic heterocycles. The quantitative estimate of drug-likeness (QED) is 0.368. The zero-order chi connectivity index (χ0) is 30.4. The first-order valence-corrected chi connectivity index (χ1v) is 13.6. The van der Waals surface area contributed by atoms with E-state index in [1.165, 1.54) is 18.2 Å². The number of hydrogen-bond acceptors (Lipinski definition) is 9. The van der Waals surface area contributed by atoms with E-state index in [4.69, 9.17) is 9.47 Å². The molecular weight excluding hydrogens is 584 g/mol. The normalized spacial score (nSPS) is 15.1. The Morgan fingerprint density at radius 1 is 1.05 bits per heavy atom. The summed E-state index contributed by atoms with van der Waals surface area (Å²) in [4.78, 5) is 20.8. The van der Waals surface area contributed by atoms with Gasteiger partial charge in [0.2, 0.25) is 0 Å².